The molecule has 2 aliphatic heterocycles. The van der Waals surface area contributed by atoms with Crippen molar-refractivity contribution in [2.45, 2.75) is 44.4 Å². The topological polar surface area (TPSA) is 78.2 Å². The van der Waals surface area contributed by atoms with Gasteiger partial charge < -0.3 is 15.5 Å². The molecule has 116 valence electrons. The number of hydrogen-bond donors (Lipinski definition) is 2. The fourth-order valence-electron chi connectivity index (χ4n) is 3.29. The van der Waals surface area contributed by atoms with Crippen LogP contribution in [0.1, 0.15) is 37.9 Å². The van der Waals surface area contributed by atoms with Crippen molar-refractivity contribution in [2.75, 3.05) is 25.9 Å². The zero-order chi connectivity index (χ0) is 15.4. The van der Waals surface area contributed by atoms with Crippen LogP contribution in [0.2, 0.25) is 0 Å². The number of piperidine rings is 1. The van der Waals surface area contributed by atoms with Gasteiger partial charge in [0.2, 0.25) is 0 Å². The number of halogens is 1. The summed E-state index contributed by atoms with van der Waals surface area (Å²) in [5.74, 6) is -0.0331. The van der Waals surface area contributed by atoms with E-state index in [0.717, 1.165) is 11.3 Å². The number of rotatable bonds is 1. The Kier molecular flexibility index (Phi) is 3.02. The van der Waals surface area contributed by atoms with Crippen LogP contribution in [0, 0.1) is 0 Å². The van der Waals surface area contributed by atoms with Crippen molar-refractivity contribution in [3.05, 3.63) is 11.3 Å². The minimum atomic E-state index is -1.77. The summed E-state index contributed by atoms with van der Waals surface area (Å²) in [4.78, 5) is 16.4. The molecule has 3 rings (SSSR count). The quantitative estimate of drug-likeness (QED) is 0.810. The second-order valence-electron chi connectivity index (χ2n) is 6.68. The Morgan fingerprint density at radius 1 is 1.38 bits per heavy atom. The van der Waals surface area contributed by atoms with Gasteiger partial charge in [-0.15, -0.1) is 0 Å². The summed E-state index contributed by atoms with van der Waals surface area (Å²) < 4.78 is 15.1. The van der Waals surface area contributed by atoms with Crippen LogP contribution in [-0.2, 0) is 16.9 Å². The average Bonchev–Trinajstić information content (AvgIpc) is 2.92. The number of likely N-dealkylation sites (tertiary alicyclic amines) is 1. The molecule has 1 fully saturated rings. The second-order valence-corrected chi connectivity index (χ2v) is 6.68. The highest BCUT2D eigenvalue weighted by Crippen LogP contribution is 2.42. The Labute approximate surface area is 123 Å². The van der Waals surface area contributed by atoms with Crippen molar-refractivity contribution in [1.29, 1.82) is 0 Å². The molecule has 0 radical (unpaired) electrons. The minimum absolute atomic E-state index is 0.247. The number of alkyl halides is 1. The van der Waals surface area contributed by atoms with E-state index in [2.05, 4.69) is 10.2 Å². The van der Waals surface area contributed by atoms with E-state index in [1.165, 1.54) is 0 Å². The summed E-state index contributed by atoms with van der Waals surface area (Å²) in [6, 6.07) is 0. The van der Waals surface area contributed by atoms with Crippen LogP contribution in [-0.4, -0.2) is 51.7 Å². The fraction of sp³-hybridized carbons (Fsp3) is 0.714. The minimum Gasteiger partial charge on any atom is -0.382 e. The van der Waals surface area contributed by atoms with E-state index in [0.29, 0.717) is 25.5 Å². The van der Waals surface area contributed by atoms with E-state index in [1.807, 2.05) is 25.8 Å². The molecule has 2 aliphatic rings. The molecule has 0 unspecified atom stereocenters. The van der Waals surface area contributed by atoms with Crippen LogP contribution in [0.15, 0.2) is 0 Å². The molecule has 1 aromatic rings. The molecule has 1 amide bonds. The third-order valence-electron chi connectivity index (χ3n) is 4.91. The number of fused-ring (bicyclic) bond motifs is 1. The Morgan fingerprint density at radius 3 is 2.57 bits per heavy atom. The number of hydrogen-bond acceptors (Lipinski definition) is 4. The molecule has 6 nitrogen and oxygen atoms in total. The first kappa shape index (κ1) is 14.3. The van der Waals surface area contributed by atoms with E-state index in [1.54, 1.807) is 4.90 Å². The predicted octanol–water partition coefficient (Wildman–Crippen LogP) is 1.00. The van der Waals surface area contributed by atoms with Crippen molar-refractivity contribution >= 4 is 11.7 Å². The summed E-state index contributed by atoms with van der Waals surface area (Å²) in [6.07, 6.45) is 0.493. The molecule has 1 aromatic heterocycles. The number of aromatic amines is 1. The third-order valence-corrected chi connectivity index (χ3v) is 4.91. The van der Waals surface area contributed by atoms with Crippen molar-refractivity contribution in [1.82, 2.24) is 20.0 Å². The summed E-state index contributed by atoms with van der Waals surface area (Å²) in [7, 11) is 1.95. The maximum atomic E-state index is 15.1. The normalized spacial score (nSPS) is 24.1. The lowest BCUT2D eigenvalue weighted by atomic mass is 9.90. The molecular formula is C14H22FN5O. The standard InChI is InChI=1S/C14H22FN5O/c1-13(2)10-9(11(16)18-17-10)8-20(13)12(21)14(15)4-6-19(3)7-5-14/h4-8H2,1-3H3,(H3,16,17,18). The van der Waals surface area contributed by atoms with Crippen LogP contribution in [0.3, 0.4) is 0 Å². The van der Waals surface area contributed by atoms with E-state index in [4.69, 9.17) is 5.73 Å². The number of nitrogen functional groups attached to an aromatic ring is 1. The Morgan fingerprint density at radius 2 is 2.00 bits per heavy atom. The van der Waals surface area contributed by atoms with Gasteiger partial charge in [-0.1, -0.05) is 0 Å². The van der Waals surface area contributed by atoms with Crippen molar-refractivity contribution in [2.24, 2.45) is 0 Å². The van der Waals surface area contributed by atoms with Crippen LogP contribution in [0.5, 0.6) is 0 Å². The number of aromatic nitrogens is 2. The molecule has 0 saturated carbocycles. The molecule has 0 spiro atoms. The molecule has 1 saturated heterocycles. The van der Waals surface area contributed by atoms with Crippen LogP contribution >= 0.6 is 0 Å². The highest BCUT2D eigenvalue weighted by molar-refractivity contribution is 5.87. The number of amides is 1. The number of nitrogens with one attached hydrogen (secondary N) is 1. The SMILES string of the molecule is CN1CCC(F)(C(=O)N2Cc3c(N)n[nH]c3C2(C)C)CC1. The predicted molar refractivity (Wildman–Crippen MR) is 77.1 cm³/mol. The molecule has 0 atom stereocenters. The molecular weight excluding hydrogens is 273 g/mol. The van der Waals surface area contributed by atoms with Gasteiger partial charge in [0.25, 0.3) is 5.91 Å². The van der Waals surface area contributed by atoms with Gasteiger partial charge in [-0.2, -0.15) is 5.10 Å². The fourth-order valence-corrected chi connectivity index (χ4v) is 3.29. The Bertz CT molecular complexity index is 574. The summed E-state index contributed by atoms with van der Waals surface area (Å²) >= 11 is 0. The molecule has 7 heteroatoms. The van der Waals surface area contributed by atoms with Gasteiger partial charge in [0.05, 0.1) is 17.8 Å². The van der Waals surface area contributed by atoms with Gasteiger partial charge in [0.1, 0.15) is 0 Å². The van der Waals surface area contributed by atoms with Crippen LogP contribution in [0.25, 0.3) is 0 Å². The van der Waals surface area contributed by atoms with Crippen molar-refractivity contribution < 1.29 is 9.18 Å². The second kappa shape index (κ2) is 4.43. The number of nitrogens with two attached hydrogens (primary N) is 1. The number of nitrogens with zero attached hydrogens (tertiary/aromatic N) is 3. The first-order valence-electron chi connectivity index (χ1n) is 7.28. The monoisotopic (exact) mass is 295 g/mol. The van der Waals surface area contributed by atoms with E-state index < -0.39 is 17.1 Å². The largest absolute Gasteiger partial charge is 0.382 e. The number of carbonyl (C=O) groups is 1. The van der Waals surface area contributed by atoms with Gasteiger partial charge in [-0.25, -0.2) is 4.39 Å². The van der Waals surface area contributed by atoms with Gasteiger partial charge in [-0.05, 0) is 20.9 Å². The average molecular weight is 295 g/mol. The van der Waals surface area contributed by atoms with E-state index in [-0.39, 0.29) is 12.8 Å². The molecule has 3 N–H and O–H groups in total. The third kappa shape index (κ3) is 2.02. The summed E-state index contributed by atoms with van der Waals surface area (Å²) in [5, 5.41) is 6.87. The Balaban J connectivity index is 1.87. The summed E-state index contributed by atoms with van der Waals surface area (Å²) in [5.41, 5.74) is 5.06. The highest BCUT2D eigenvalue weighted by Gasteiger charge is 2.51. The zero-order valence-corrected chi connectivity index (χ0v) is 12.7. The molecule has 21 heavy (non-hydrogen) atoms. The lowest BCUT2D eigenvalue weighted by Crippen LogP contribution is -2.54. The lowest BCUT2D eigenvalue weighted by molar-refractivity contribution is -0.153. The first-order chi connectivity index (χ1) is 9.75. The molecule has 0 aromatic carbocycles. The first-order valence-corrected chi connectivity index (χ1v) is 7.28. The van der Waals surface area contributed by atoms with Gasteiger partial charge in [0, 0.05) is 31.5 Å². The molecule has 0 bridgehead atoms. The maximum absolute atomic E-state index is 15.1. The van der Waals surface area contributed by atoms with Crippen molar-refractivity contribution in [3.8, 4) is 0 Å². The highest BCUT2D eigenvalue weighted by atomic mass is 19.1. The number of carbonyl (C=O) groups excluding carboxylic acids is 1. The van der Waals surface area contributed by atoms with Crippen LogP contribution in [0.4, 0.5) is 10.2 Å². The van der Waals surface area contributed by atoms with Gasteiger partial charge >= 0.3 is 0 Å². The van der Waals surface area contributed by atoms with Gasteiger partial charge in [0.15, 0.2) is 11.5 Å². The molecule has 0 aliphatic carbocycles. The summed E-state index contributed by atoms with van der Waals surface area (Å²) in [6.45, 7) is 5.32. The van der Waals surface area contributed by atoms with Crippen molar-refractivity contribution in [3.63, 3.8) is 0 Å². The van der Waals surface area contributed by atoms with Gasteiger partial charge in [-0.3, -0.25) is 9.89 Å². The van der Waals surface area contributed by atoms with E-state index in [9.17, 15) is 4.79 Å². The lowest BCUT2D eigenvalue weighted by Gasteiger charge is -2.40. The molecule has 3 heterocycles. The zero-order valence-electron chi connectivity index (χ0n) is 12.7. The van der Waals surface area contributed by atoms with Crippen LogP contribution < -0.4 is 5.73 Å². The number of anilines is 1. The van der Waals surface area contributed by atoms with E-state index >= 15 is 4.39 Å². The number of H-pyrrole nitrogens is 1. The Hall–Kier alpha value is -1.63. The smallest absolute Gasteiger partial charge is 0.261 e. The maximum Gasteiger partial charge on any atom is 0.261 e.